The van der Waals surface area contributed by atoms with Gasteiger partial charge >= 0.3 is 0 Å². The zero-order valence-corrected chi connectivity index (χ0v) is 10.1. The van der Waals surface area contributed by atoms with E-state index in [0.29, 0.717) is 6.42 Å². The van der Waals surface area contributed by atoms with Crippen molar-refractivity contribution in [3.05, 3.63) is 27.2 Å². The molecule has 0 saturated carbocycles. The molecule has 0 aliphatic heterocycles. The lowest BCUT2D eigenvalue weighted by molar-refractivity contribution is 0.408. The Bertz CT molecular complexity index is 393. The number of hydrogen-bond acceptors (Lipinski definition) is 2. The summed E-state index contributed by atoms with van der Waals surface area (Å²) in [5, 5.41) is 8.67. The summed E-state index contributed by atoms with van der Waals surface area (Å²) in [6.07, 6.45) is 0.427. The lowest BCUT2D eigenvalue weighted by atomic mass is 10.0. The van der Waals surface area contributed by atoms with Gasteiger partial charge in [-0.25, -0.2) is 0 Å². The number of nitriles is 1. The highest BCUT2D eigenvalue weighted by Gasteiger charge is 2.11. The molecule has 0 heterocycles. The van der Waals surface area contributed by atoms with Crippen LogP contribution in [0.2, 0.25) is 0 Å². The van der Waals surface area contributed by atoms with E-state index < -0.39 is 0 Å². The van der Waals surface area contributed by atoms with Gasteiger partial charge in [-0.2, -0.15) is 5.26 Å². The second-order valence-corrected chi connectivity index (χ2v) is 3.95. The van der Waals surface area contributed by atoms with Gasteiger partial charge in [0.1, 0.15) is 5.75 Å². The lowest BCUT2D eigenvalue weighted by Gasteiger charge is -2.12. The Hall–Kier alpha value is -1.01. The average Bonchev–Trinajstić information content (AvgIpc) is 2.16. The minimum absolute atomic E-state index is 0.427. The summed E-state index contributed by atoms with van der Waals surface area (Å²) in [6.45, 7) is 3.96. The van der Waals surface area contributed by atoms with Crippen LogP contribution in [-0.2, 0) is 6.42 Å². The molecule has 0 fully saturated rings. The number of ether oxygens (including phenoxy) is 1. The van der Waals surface area contributed by atoms with Crippen molar-refractivity contribution in [3.8, 4) is 11.8 Å². The largest absolute Gasteiger partial charge is 0.495 e. The van der Waals surface area contributed by atoms with Crippen LogP contribution < -0.4 is 4.74 Å². The van der Waals surface area contributed by atoms with Crippen molar-refractivity contribution in [1.29, 1.82) is 5.26 Å². The standard InChI is InChI=1S/C11H12BrNO/c1-7-6-9(4-5-13)8(2)11(14-3)10(7)12/h6H,4H2,1-3H3. The average molecular weight is 254 g/mol. The predicted molar refractivity (Wildman–Crippen MR) is 59.5 cm³/mol. The van der Waals surface area contributed by atoms with Crippen LogP contribution in [0.4, 0.5) is 0 Å². The number of rotatable bonds is 2. The predicted octanol–water partition coefficient (Wildman–Crippen LogP) is 3.14. The van der Waals surface area contributed by atoms with Gasteiger partial charge in [0, 0.05) is 0 Å². The molecular formula is C11H12BrNO. The monoisotopic (exact) mass is 253 g/mol. The summed E-state index contributed by atoms with van der Waals surface area (Å²) >= 11 is 3.47. The van der Waals surface area contributed by atoms with Crippen LogP contribution in [-0.4, -0.2) is 7.11 Å². The van der Waals surface area contributed by atoms with E-state index in [4.69, 9.17) is 10.00 Å². The molecule has 74 valence electrons. The smallest absolute Gasteiger partial charge is 0.136 e. The van der Waals surface area contributed by atoms with Crippen LogP contribution in [0.25, 0.3) is 0 Å². The molecule has 0 spiro atoms. The molecule has 0 saturated heterocycles. The summed E-state index contributed by atoms with van der Waals surface area (Å²) in [6, 6.07) is 4.17. The highest BCUT2D eigenvalue weighted by atomic mass is 79.9. The number of nitrogens with zero attached hydrogens (tertiary/aromatic N) is 1. The topological polar surface area (TPSA) is 33.0 Å². The highest BCUT2D eigenvalue weighted by Crippen LogP contribution is 2.34. The summed E-state index contributed by atoms with van der Waals surface area (Å²) in [4.78, 5) is 0. The first-order valence-corrected chi connectivity index (χ1v) is 5.10. The van der Waals surface area contributed by atoms with Crippen molar-refractivity contribution >= 4 is 15.9 Å². The minimum atomic E-state index is 0.427. The van der Waals surface area contributed by atoms with Gasteiger partial charge in [-0.15, -0.1) is 0 Å². The molecule has 0 aliphatic carbocycles. The van der Waals surface area contributed by atoms with Crippen molar-refractivity contribution < 1.29 is 4.74 Å². The lowest BCUT2D eigenvalue weighted by Crippen LogP contribution is -1.96. The normalized spacial score (nSPS) is 9.64. The van der Waals surface area contributed by atoms with Crippen LogP contribution in [0.1, 0.15) is 16.7 Å². The van der Waals surface area contributed by atoms with Gasteiger partial charge in [0.15, 0.2) is 0 Å². The first kappa shape index (κ1) is 11.1. The zero-order chi connectivity index (χ0) is 10.7. The Morgan fingerprint density at radius 3 is 2.64 bits per heavy atom. The number of halogens is 1. The van der Waals surface area contributed by atoms with Crippen LogP contribution in [0.5, 0.6) is 5.75 Å². The maximum absolute atomic E-state index is 8.67. The van der Waals surface area contributed by atoms with E-state index in [1.54, 1.807) is 7.11 Å². The summed E-state index contributed by atoms with van der Waals surface area (Å²) in [7, 11) is 1.64. The van der Waals surface area contributed by atoms with E-state index in [2.05, 4.69) is 22.0 Å². The summed E-state index contributed by atoms with van der Waals surface area (Å²) in [5.74, 6) is 0.829. The SMILES string of the molecule is COc1c(C)c(CC#N)cc(C)c1Br. The van der Waals surface area contributed by atoms with Crippen LogP contribution in [0.3, 0.4) is 0 Å². The van der Waals surface area contributed by atoms with Gasteiger partial charge in [0.25, 0.3) is 0 Å². The second-order valence-electron chi connectivity index (χ2n) is 3.16. The molecule has 0 aromatic heterocycles. The van der Waals surface area contributed by atoms with Crippen molar-refractivity contribution in [2.45, 2.75) is 20.3 Å². The van der Waals surface area contributed by atoms with Gasteiger partial charge < -0.3 is 4.74 Å². The molecule has 2 nitrogen and oxygen atoms in total. The second kappa shape index (κ2) is 4.47. The van der Waals surface area contributed by atoms with Gasteiger partial charge in [-0.3, -0.25) is 0 Å². The van der Waals surface area contributed by atoms with Gasteiger partial charge in [-0.1, -0.05) is 6.07 Å². The maximum Gasteiger partial charge on any atom is 0.136 e. The van der Waals surface area contributed by atoms with E-state index in [1.807, 2.05) is 19.9 Å². The van der Waals surface area contributed by atoms with Crippen molar-refractivity contribution in [2.75, 3.05) is 7.11 Å². The maximum atomic E-state index is 8.67. The fraction of sp³-hybridized carbons (Fsp3) is 0.364. The quantitative estimate of drug-likeness (QED) is 0.812. The Balaban J connectivity index is 3.36. The van der Waals surface area contributed by atoms with E-state index in [1.165, 1.54) is 0 Å². The molecular weight excluding hydrogens is 242 g/mol. The summed E-state index contributed by atoms with van der Waals surface area (Å²) < 4.78 is 6.26. The molecule has 0 atom stereocenters. The summed E-state index contributed by atoms with van der Waals surface area (Å²) in [5.41, 5.74) is 3.16. The Labute approximate surface area is 92.6 Å². The molecule has 0 N–H and O–H groups in total. The van der Waals surface area contributed by atoms with Crippen LogP contribution >= 0.6 is 15.9 Å². The molecule has 1 aromatic rings. The molecule has 0 radical (unpaired) electrons. The van der Waals surface area contributed by atoms with E-state index in [9.17, 15) is 0 Å². The number of methoxy groups -OCH3 is 1. The first-order chi connectivity index (χ1) is 6.61. The number of hydrogen-bond donors (Lipinski definition) is 0. The van der Waals surface area contributed by atoms with Crippen molar-refractivity contribution in [3.63, 3.8) is 0 Å². The fourth-order valence-corrected chi connectivity index (χ4v) is 2.01. The third-order valence-corrected chi connectivity index (χ3v) is 3.22. The van der Waals surface area contributed by atoms with E-state index in [0.717, 1.165) is 26.9 Å². The minimum Gasteiger partial charge on any atom is -0.495 e. The van der Waals surface area contributed by atoms with Crippen LogP contribution in [0, 0.1) is 25.2 Å². The third kappa shape index (κ3) is 1.91. The molecule has 14 heavy (non-hydrogen) atoms. The molecule has 0 aliphatic rings. The Morgan fingerprint density at radius 2 is 2.14 bits per heavy atom. The molecule has 0 bridgehead atoms. The van der Waals surface area contributed by atoms with Gasteiger partial charge in [0.2, 0.25) is 0 Å². The fourth-order valence-electron chi connectivity index (χ4n) is 1.43. The van der Waals surface area contributed by atoms with Gasteiger partial charge in [0.05, 0.1) is 24.1 Å². The first-order valence-electron chi connectivity index (χ1n) is 4.31. The highest BCUT2D eigenvalue weighted by molar-refractivity contribution is 9.10. The molecule has 0 unspecified atom stereocenters. The van der Waals surface area contributed by atoms with Crippen molar-refractivity contribution in [1.82, 2.24) is 0 Å². The Morgan fingerprint density at radius 1 is 1.50 bits per heavy atom. The van der Waals surface area contributed by atoms with Crippen molar-refractivity contribution in [2.24, 2.45) is 0 Å². The van der Waals surface area contributed by atoms with Gasteiger partial charge in [-0.05, 0) is 46.5 Å². The van der Waals surface area contributed by atoms with Crippen LogP contribution in [0.15, 0.2) is 10.5 Å². The zero-order valence-electron chi connectivity index (χ0n) is 8.52. The third-order valence-electron chi connectivity index (χ3n) is 2.23. The number of benzene rings is 1. The molecule has 1 aromatic carbocycles. The number of aryl methyl sites for hydroxylation is 1. The molecule has 0 amide bonds. The Kier molecular flexibility index (Phi) is 3.54. The van der Waals surface area contributed by atoms with E-state index in [-0.39, 0.29) is 0 Å². The molecule has 1 rings (SSSR count). The molecule has 3 heteroatoms. The van der Waals surface area contributed by atoms with E-state index >= 15 is 0 Å².